The van der Waals surface area contributed by atoms with Crippen LogP contribution < -0.4 is 0 Å². The number of rotatable bonds is 0. The van der Waals surface area contributed by atoms with Gasteiger partial charge < -0.3 is 14.6 Å². The van der Waals surface area contributed by atoms with Gasteiger partial charge >= 0.3 is 63.9 Å². The molecule has 0 aliphatic heterocycles. The van der Waals surface area contributed by atoms with Crippen molar-refractivity contribution < 1.29 is 49.2 Å². The normalized spacial score (nSPS) is 7.25. The van der Waals surface area contributed by atoms with Crippen LogP contribution in [-0.4, -0.2) is 60.7 Å². The Kier molecular flexibility index (Phi) is 25.2. The molecule has 0 fully saturated rings. The summed E-state index contributed by atoms with van der Waals surface area (Å²) in [7, 11) is -5.17. The molecule has 0 spiro atoms. The molecule has 0 saturated carbocycles. The van der Waals surface area contributed by atoms with E-state index in [1.54, 1.807) is 0 Å². The van der Waals surface area contributed by atoms with Crippen molar-refractivity contribution >= 4 is 48.1 Å². The average Bonchev–Trinajstić information content (AvgIpc) is 0.722. The standard InChI is InChI=1S/Ca.H2O4S.H2O.Zr/c;1-5(2,3)4;;/h;(H2,1,2,3,4);1H2;/q+2;;;+4/p-3. The first-order valence-electron chi connectivity index (χ1n) is 0.667. The van der Waals surface area contributed by atoms with Crippen LogP contribution in [0.25, 0.3) is 0 Å². The zero-order chi connectivity index (χ0) is 4.50. The molecule has 0 aliphatic rings. The smallest absolute Gasteiger partial charge is 0.870 e. The van der Waals surface area contributed by atoms with Crippen molar-refractivity contribution in [1.29, 1.82) is 0 Å². The molecule has 40 valence electrons. The van der Waals surface area contributed by atoms with Gasteiger partial charge in [0.15, 0.2) is 0 Å². The summed E-state index contributed by atoms with van der Waals surface area (Å²) >= 11 is 0. The minimum Gasteiger partial charge on any atom is -0.870 e. The molecule has 0 saturated heterocycles. The molecule has 0 unspecified atom stereocenters. The van der Waals surface area contributed by atoms with Gasteiger partial charge in [-0.3, -0.25) is 8.42 Å². The van der Waals surface area contributed by atoms with Gasteiger partial charge in [0.1, 0.15) is 0 Å². The number of hydrogen-bond acceptors (Lipinski definition) is 5. The summed E-state index contributed by atoms with van der Waals surface area (Å²) in [5.41, 5.74) is 0. The molecule has 0 radical (unpaired) electrons. The molecule has 8 heavy (non-hydrogen) atoms. The molecule has 1 N–H and O–H groups in total. The Morgan fingerprint density at radius 2 is 1.12 bits per heavy atom. The second-order valence-corrected chi connectivity index (χ2v) is 1.22. The van der Waals surface area contributed by atoms with E-state index in [0.717, 1.165) is 0 Å². The summed E-state index contributed by atoms with van der Waals surface area (Å²) in [4.78, 5) is 0. The Labute approximate surface area is 95.9 Å². The fraction of sp³-hybridized carbons (Fsp3) is 0. The molecule has 0 atom stereocenters. The van der Waals surface area contributed by atoms with Crippen molar-refractivity contribution in [1.82, 2.24) is 0 Å². The van der Waals surface area contributed by atoms with E-state index in [1.807, 2.05) is 0 Å². The third-order valence-electron chi connectivity index (χ3n) is 0. The minimum absolute atomic E-state index is 0. The second-order valence-electron chi connectivity index (χ2n) is 0.408. The maximum atomic E-state index is 8.52. The van der Waals surface area contributed by atoms with E-state index in [4.69, 9.17) is 17.5 Å². The number of hydrogen-bond donors (Lipinski definition) is 0. The van der Waals surface area contributed by atoms with E-state index in [2.05, 4.69) is 0 Å². The maximum Gasteiger partial charge on any atom is 4.00 e. The van der Waals surface area contributed by atoms with Crippen molar-refractivity contribution in [2.45, 2.75) is 0 Å². The van der Waals surface area contributed by atoms with Gasteiger partial charge in [0, 0.05) is 10.4 Å². The molecular formula is HCaO5SZr+3. The Morgan fingerprint density at radius 3 is 1.12 bits per heavy atom. The van der Waals surface area contributed by atoms with Crippen LogP contribution in [0.3, 0.4) is 0 Å². The fourth-order valence-corrected chi connectivity index (χ4v) is 0. The molecule has 0 aromatic carbocycles. The average molecular weight is 244 g/mol. The van der Waals surface area contributed by atoms with Crippen LogP contribution >= 0.6 is 0 Å². The van der Waals surface area contributed by atoms with Crippen LogP contribution in [0, 0.1) is 0 Å². The SMILES string of the molecule is O=S(=O)([O-])[O-].[Ca+2].[OH-].[Zr+4]. The van der Waals surface area contributed by atoms with Gasteiger partial charge in [0.05, 0.1) is 0 Å². The van der Waals surface area contributed by atoms with Gasteiger partial charge in [-0.2, -0.15) is 0 Å². The third kappa shape index (κ3) is 99.6. The first kappa shape index (κ1) is 22.5. The molecule has 0 aromatic heterocycles. The quantitative estimate of drug-likeness (QED) is 0.281. The molecule has 0 heterocycles. The van der Waals surface area contributed by atoms with Crippen molar-refractivity contribution in [3.05, 3.63) is 0 Å². The summed E-state index contributed by atoms with van der Waals surface area (Å²) in [5.74, 6) is 0. The Bertz CT molecular complexity index is 95.6. The Balaban J connectivity index is -0.0000000267. The Hall–Kier alpha value is 1.97. The van der Waals surface area contributed by atoms with Gasteiger partial charge in [-0.1, -0.05) is 0 Å². The van der Waals surface area contributed by atoms with Crippen LogP contribution in [0.1, 0.15) is 0 Å². The molecular weight excluding hydrogens is 243 g/mol. The van der Waals surface area contributed by atoms with Crippen LogP contribution in [0.15, 0.2) is 0 Å². The van der Waals surface area contributed by atoms with Gasteiger partial charge in [0.2, 0.25) is 0 Å². The van der Waals surface area contributed by atoms with Crippen molar-refractivity contribution in [2.75, 3.05) is 0 Å². The van der Waals surface area contributed by atoms with Crippen LogP contribution in [0.5, 0.6) is 0 Å². The first-order valence-corrected chi connectivity index (χ1v) is 2.00. The Morgan fingerprint density at radius 1 is 1.12 bits per heavy atom. The van der Waals surface area contributed by atoms with E-state index < -0.39 is 10.4 Å². The fourth-order valence-electron chi connectivity index (χ4n) is 0. The van der Waals surface area contributed by atoms with Gasteiger partial charge in [-0.15, -0.1) is 0 Å². The largest absolute Gasteiger partial charge is 4.00 e. The van der Waals surface area contributed by atoms with Crippen molar-refractivity contribution in [2.24, 2.45) is 0 Å². The van der Waals surface area contributed by atoms with Gasteiger partial charge in [0.25, 0.3) is 0 Å². The summed E-state index contributed by atoms with van der Waals surface area (Å²) in [6.07, 6.45) is 0. The summed E-state index contributed by atoms with van der Waals surface area (Å²) in [6.45, 7) is 0. The molecule has 0 amide bonds. The van der Waals surface area contributed by atoms with E-state index in [0.29, 0.717) is 0 Å². The summed E-state index contributed by atoms with van der Waals surface area (Å²) in [6, 6.07) is 0. The third-order valence-corrected chi connectivity index (χ3v) is 0. The zero-order valence-corrected chi connectivity index (χ0v) is 9.18. The van der Waals surface area contributed by atoms with Crippen LogP contribution in [0.2, 0.25) is 0 Å². The molecule has 0 bridgehead atoms. The molecule has 0 aromatic rings. The topological polar surface area (TPSA) is 110 Å². The van der Waals surface area contributed by atoms with Crippen LogP contribution in [-0.2, 0) is 36.6 Å². The zero-order valence-electron chi connectivity index (χ0n) is 3.70. The van der Waals surface area contributed by atoms with Crippen molar-refractivity contribution in [3.63, 3.8) is 0 Å². The van der Waals surface area contributed by atoms with E-state index in [9.17, 15) is 0 Å². The van der Waals surface area contributed by atoms with Crippen LogP contribution in [0.4, 0.5) is 0 Å². The minimum atomic E-state index is -5.17. The van der Waals surface area contributed by atoms with Gasteiger partial charge in [-0.25, -0.2) is 0 Å². The monoisotopic (exact) mass is 243 g/mol. The summed E-state index contributed by atoms with van der Waals surface area (Å²) < 4.78 is 34.1. The second kappa shape index (κ2) is 8.97. The first-order chi connectivity index (χ1) is 2.00. The summed E-state index contributed by atoms with van der Waals surface area (Å²) in [5, 5.41) is 0. The predicted octanol–water partition coefficient (Wildman–Crippen LogP) is -1.90. The van der Waals surface area contributed by atoms with E-state index >= 15 is 0 Å². The van der Waals surface area contributed by atoms with E-state index in [1.165, 1.54) is 0 Å². The molecule has 0 aliphatic carbocycles. The van der Waals surface area contributed by atoms with E-state index in [-0.39, 0.29) is 69.4 Å². The maximum absolute atomic E-state index is 8.52. The van der Waals surface area contributed by atoms with Crippen molar-refractivity contribution in [3.8, 4) is 0 Å². The van der Waals surface area contributed by atoms with Gasteiger partial charge in [-0.05, 0) is 0 Å². The predicted molar refractivity (Wildman–Crippen MR) is 18.2 cm³/mol. The molecule has 8 heteroatoms. The molecule has 5 nitrogen and oxygen atoms in total. The molecule has 0 rings (SSSR count).